The Labute approximate surface area is 148 Å². The number of para-hydroxylation sites is 1. The normalized spacial score (nSPS) is 24.1. The van der Waals surface area contributed by atoms with Gasteiger partial charge in [0.15, 0.2) is 5.96 Å². The smallest absolute Gasteiger partial charge is 0.189 e. The summed E-state index contributed by atoms with van der Waals surface area (Å²) < 4.78 is 11.0. The summed E-state index contributed by atoms with van der Waals surface area (Å²) in [5, 5.41) is 3.32. The Hall–Kier alpha value is -1.02. The zero-order chi connectivity index (χ0) is 14.5. The van der Waals surface area contributed by atoms with Crippen molar-refractivity contribution in [3.05, 3.63) is 29.8 Å². The molecule has 22 heavy (non-hydrogen) atoms. The first-order valence-corrected chi connectivity index (χ1v) is 7.69. The molecule has 0 amide bonds. The molecule has 0 saturated carbocycles. The number of guanidine groups is 1. The van der Waals surface area contributed by atoms with Gasteiger partial charge in [0.05, 0.1) is 12.6 Å². The fraction of sp³-hybridized carbons (Fsp3) is 0.562. The molecule has 1 fully saturated rings. The van der Waals surface area contributed by atoms with Gasteiger partial charge in [-0.3, -0.25) is 4.99 Å². The monoisotopic (exact) mass is 417 g/mol. The second-order valence-electron chi connectivity index (χ2n) is 5.66. The van der Waals surface area contributed by atoms with Crippen LogP contribution in [0.15, 0.2) is 29.3 Å². The molecule has 1 aromatic rings. The molecule has 6 heteroatoms. The highest BCUT2D eigenvalue weighted by molar-refractivity contribution is 14.0. The predicted octanol–water partition coefficient (Wildman–Crippen LogP) is 2.46. The van der Waals surface area contributed by atoms with Crippen molar-refractivity contribution in [3.8, 4) is 5.75 Å². The lowest BCUT2D eigenvalue weighted by Gasteiger charge is -2.27. The highest BCUT2D eigenvalue weighted by atomic mass is 127. The van der Waals surface area contributed by atoms with Crippen molar-refractivity contribution >= 4 is 29.9 Å². The Kier molecular flexibility index (Phi) is 6.75. The lowest BCUT2D eigenvalue weighted by atomic mass is 10.0. The number of aliphatic imine (C=N–C) groups is 1. The van der Waals surface area contributed by atoms with E-state index in [-0.39, 0.29) is 30.0 Å². The van der Waals surface area contributed by atoms with Gasteiger partial charge in [-0.1, -0.05) is 18.2 Å². The van der Waals surface area contributed by atoms with Crippen LogP contribution in [0.5, 0.6) is 5.75 Å². The standard InChI is InChI=1S/C16H23N3O2.HI/c17-16(18-8-5-12-6-9-20-11-12)19-14-7-10-21-15-4-2-1-3-13(14)15;/h1-4,12,14H,5-11H2,(H3,17,18,19);1H. The van der Waals surface area contributed by atoms with Gasteiger partial charge in [-0.15, -0.1) is 24.0 Å². The number of halogens is 1. The maximum Gasteiger partial charge on any atom is 0.189 e. The van der Waals surface area contributed by atoms with Crippen LogP contribution in [0.25, 0.3) is 0 Å². The molecule has 2 heterocycles. The van der Waals surface area contributed by atoms with Crippen LogP contribution in [0.3, 0.4) is 0 Å². The number of ether oxygens (including phenoxy) is 2. The van der Waals surface area contributed by atoms with Gasteiger partial charge >= 0.3 is 0 Å². The first kappa shape index (κ1) is 17.3. The molecule has 3 N–H and O–H groups in total. The van der Waals surface area contributed by atoms with Crippen molar-refractivity contribution in [1.29, 1.82) is 0 Å². The summed E-state index contributed by atoms with van der Waals surface area (Å²) in [5.41, 5.74) is 7.17. The number of nitrogens with one attached hydrogen (secondary N) is 1. The molecule has 0 aliphatic carbocycles. The van der Waals surface area contributed by atoms with Crippen LogP contribution in [-0.2, 0) is 4.74 Å². The average molecular weight is 417 g/mol. The number of fused-ring (bicyclic) bond motifs is 1. The SMILES string of the molecule is I.NC(=NCCC1CCOC1)NC1CCOc2ccccc21. The van der Waals surface area contributed by atoms with E-state index in [4.69, 9.17) is 15.2 Å². The minimum atomic E-state index is 0. The van der Waals surface area contributed by atoms with Crippen molar-refractivity contribution in [2.75, 3.05) is 26.4 Å². The third-order valence-corrected chi connectivity index (χ3v) is 4.12. The molecule has 2 unspecified atom stereocenters. The van der Waals surface area contributed by atoms with Gasteiger partial charge in [0.2, 0.25) is 0 Å². The molecule has 5 nitrogen and oxygen atoms in total. The fourth-order valence-electron chi connectivity index (χ4n) is 2.89. The van der Waals surface area contributed by atoms with E-state index in [0.29, 0.717) is 18.5 Å². The lowest BCUT2D eigenvalue weighted by molar-refractivity contribution is 0.184. The van der Waals surface area contributed by atoms with Gasteiger partial charge in [-0.2, -0.15) is 0 Å². The van der Waals surface area contributed by atoms with E-state index < -0.39 is 0 Å². The van der Waals surface area contributed by atoms with Crippen LogP contribution in [0.4, 0.5) is 0 Å². The summed E-state index contributed by atoms with van der Waals surface area (Å²) in [7, 11) is 0. The van der Waals surface area contributed by atoms with Crippen molar-refractivity contribution < 1.29 is 9.47 Å². The maximum atomic E-state index is 6.01. The van der Waals surface area contributed by atoms with E-state index >= 15 is 0 Å². The zero-order valence-corrected chi connectivity index (χ0v) is 15.0. The second kappa shape index (κ2) is 8.57. The lowest BCUT2D eigenvalue weighted by Crippen LogP contribution is -2.37. The van der Waals surface area contributed by atoms with Gasteiger partial charge in [-0.25, -0.2) is 0 Å². The Morgan fingerprint density at radius 2 is 2.14 bits per heavy atom. The number of benzene rings is 1. The van der Waals surface area contributed by atoms with E-state index in [1.54, 1.807) is 0 Å². The van der Waals surface area contributed by atoms with Crippen molar-refractivity contribution in [1.82, 2.24) is 5.32 Å². The minimum Gasteiger partial charge on any atom is -0.493 e. The third-order valence-electron chi connectivity index (χ3n) is 4.12. The Balaban J connectivity index is 0.00000176. The van der Waals surface area contributed by atoms with E-state index in [2.05, 4.69) is 16.4 Å². The molecular formula is C16H24IN3O2. The van der Waals surface area contributed by atoms with Crippen molar-refractivity contribution in [3.63, 3.8) is 0 Å². The molecule has 0 bridgehead atoms. The molecule has 1 saturated heterocycles. The second-order valence-corrected chi connectivity index (χ2v) is 5.66. The topological polar surface area (TPSA) is 68.9 Å². The fourth-order valence-corrected chi connectivity index (χ4v) is 2.89. The van der Waals surface area contributed by atoms with E-state index in [1.807, 2.05) is 18.2 Å². The maximum absolute atomic E-state index is 6.01. The molecular weight excluding hydrogens is 393 g/mol. The Bertz CT molecular complexity index is 504. The molecule has 0 radical (unpaired) electrons. The van der Waals surface area contributed by atoms with Gasteiger partial charge in [0.1, 0.15) is 5.75 Å². The number of hydrogen-bond acceptors (Lipinski definition) is 3. The van der Waals surface area contributed by atoms with Crippen molar-refractivity contribution in [2.45, 2.75) is 25.3 Å². The quantitative estimate of drug-likeness (QED) is 0.449. The van der Waals surface area contributed by atoms with Gasteiger partial charge < -0.3 is 20.5 Å². The average Bonchev–Trinajstić information content (AvgIpc) is 3.01. The zero-order valence-electron chi connectivity index (χ0n) is 12.7. The molecule has 1 aromatic carbocycles. The summed E-state index contributed by atoms with van der Waals surface area (Å²) in [6, 6.07) is 8.28. The highest BCUT2D eigenvalue weighted by Crippen LogP contribution is 2.31. The number of hydrogen-bond donors (Lipinski definition) is 2. The first-order chi connectivity index (χ1) is 10.3. The van der Waals surface area contributed by atoms with Crippen LogP contribution in [0, 0.1) is 5.92 Å². The van der Waals surface area contributed by atoms with Crippen molar-refractivity contribution in [2.24, 2.45) is 16.6 Å². The molecule has 122 valence electrons. The minimum absolute atomic E-state index is 0. The van der Waals surface area contributed by atoms with Crippen LogP contribution in [0.1, 0.15) is 30.9 Å². The predicted molar refractivity (Wildman–Crippen MR) is 97.9 cm³/mol. The largest absolute Gasteiger partial charge is 0.493 e. The summed E-state index contributed by atoms with van der Waals surface area (Å²) in [5.74, 6) is 2.11. The molecule has 2 atom stereocenters. The van der Waals surface area contributed by atoms with Crippen LogP contribution >= 0.6 is 24.0 Å². The number of rotatable bonds is 4. The van der Waals surface area contributed by atoms with Crippen LogP contribution < -0.4 is 15.8 Å². The van der Waals surface area contributed by atoms with Crippen LogP contribution in [0.2, 0.25) is 0 Å². The molecule has 2 aliphatic rings. The van der Waals surface area contributed by atoms with E-state index in [0.717, 1.165) is 50.3 Å². The Morgan fingerprint density at radius 3 is 2.95 bits per heavy atom. The summed E-state index contributed by atoms with van der Waals surface area (Å²) >= 11 is 0. The highest BCUT2D eigenvalue weighted by Gasteiger charge is 2.21. The number of nitrogens with zero attached hydrogens (tertiary/aromatic N) is 1. The van der Waals surface area contributed by atoms with E-state index in [9.17, 15) is 0 Å². The van der Waals surface area contributed by atoms with Crippen LogP contribution in [-0.4, -0.2) is 32.3 Å². The molecule has 2 aliphatic heterocycles. The molecule has 0 aromatic heterocycles. The first-order valence-electron chi connectivity index (χ1n) is 7.69. The van der Waals surface area contributed by atoms with Gasteiger partial charge in [0, 0.05) is 31.7 Å². The van der Waals surface area contributed by atoms with E-state index in [1.165, 1.54) is 0 Å². The summed E-state index contributed by atoms with van der Waals surface area (Å²) in [4.78, 5) is 4.44. The molecule has 0 spiro atoms. The van der Waals surface area contributed by atoms with Gasteiger partial charge in [0.25, 0.3) is 0 Å². The Morgan fingerprint density at radius 1 is 1.27 bits per heavy atom. The van der Waals surface area contributed by atoms with Gasteiger partial charge in [-0.05, 0) is 24.8 Å². The molecule has 3 rings (SSSR count). The number of nitrogens with two attached hydrogens (primary N) is 1. The summed E-state index contributed by atoms with van der Waals surface area (Å²) in [6.07, 6.45) is 3.10. The third kappa shape index (κ3) is 4.49. The summed E-state index contributed by atoms with van der Waals surface area (Å²) in [6.45, 7) is 3.23.